The van der Waals surface area contributed by atoms with Gasteiger partial charge in [0.05, 0.1) is 6.20 Å². The summed E-state index contributed by atoms with van der Waals surface area (Å²) in [6.45, 7) is 10.2. The number of carbonyl (C=O) groups excluding carboxylic acids is 1. The lowest BCUT2D eigenvalue weighted by atomic mass is 9.96. The molecule has 1 aliphatic heterocycles. The van der Waals surface area contributed by atoms with Crippen molar-refractivity contribution in [3.05, 3.63) is 83.5 Å². The topological polar surface area (TPSA) is 42.4 Å². The Kier molecular flexibility index (Phi) is 8.42. The molecule has 2 rings (SSSR count). The molecular formula is C24H27F3N2O2. The molecule has 0 atom stereocenters. The van der Waals surface area contributed by atoms with Crippen LogP contribution in [0.5, 0.6) is 5.75 Å². The lowest BCUT2D eigenvalue weighted by Gasteiger charge is -2.28. The molecule has 0 unspecified atom stereocenters. The number of aromatic nitrogens is 1. The van der Waals surface area contributed by atoms with E-state index in [2.05, 4.69) is 11.6 Å². The van der Waals surface area contributed by atoms with Crippen LogP contribution in [0.25, 0.3) is 0 Å². The largest absolute Gasteiger partial charge is 0.455 e. The van der Waals surface area contributed by atoms with Crippen LogP contribution in [0.4, 0.5) is 13.2 Å². The number of alkyl halides is 3. The molecule has 31 heavy (non-hydrogen) atoms. The van der Waals surface area contributed by atoms with Crippen LogP contribution in [0.15, 0.2) is 77.8 Å². The predicted molar refractivity (Wildman–Crippen MR) is 115 cm³/mol. The van der Waals surface area contributed by atoms with Crippen molar-refractivity contribution in [2.24, 2.45) is 0 Å². The maximum atomic E-state index is 12.8. The smallest absolute Gasteiger partial charge is 0.433 e. The van der Waals surface area contributed by atoms with Gasteiger partial charge in [-0.05, 0) is 50.5 Å². The normalized spacial score (nSPS) is 15.8. The highest BCUT2D eigenvalue weighted by molar-refractivity contribution is 5.92. The Labute approximate surface area is 181 Å². The molecule has 2 heterocycles. The first-order chi connectivity index (χ1) is 14.7. The molecule has 7 heteroatoms. The average molecular weight is 432 g/mol. The fourth-order valence-corrected chi connectivity index (χ4v) is 3.04. The van der Waals surface area contributed by atoms with Crippen molar-refractivity contribution in [3.63, 3.8) is 0 Å². The van der Waals surface area contributed by atoms with Gasteiger partial charge in [0.15, 0.2) is 0 Å². The standard InChI is InChI=1S/C24H27F3N2O2/c1-5-7-9-20(18-12-14-29(15-13-18)23(30)17(3)4)21(8-6-2)31-19-10-11-22(28-16-19)24(25,26)27/h5,7-12,16H,3,6,13-15H2,1-2,4H3/b7-5-,20-9-,21-8-. The van der Waals surface area contributed by atoms with E-state index in [4.69, 9.17) is 4.74 Å². The summed E-state index contributed by atoms with van der Waals surface area (Å²) < 4.78 is 44.3. The molecule has 0 bridgehead atoms. The Morgan fingerprint density at radius 1 is 1.35 bits per heavy atom. The van der Waals surface area contributed by atoms with E-state index in [0.717, 1.165) is 23.4 Å². The van der Waals surface area contributed by atoms with E-state index in [9.17, 15) is 18.0 Å². The van der Waals surface area contributed by atoms with Gasteiger partial charge in [0.25, 0.3) is 0 Å². The first-order valence-corrected chi connectivity index (χ1v) is 10.1. The minimum absolute atomic E-state index is 0.0781. The Morgan fingerprint density at radius 2 is 2.10 bits per heavy atom. The summed E-state index contributed by atoms with van der Waals surface area (Å²) in [5.74, 6) is 0.674. The number of amides is 1. The molecule has 0 aliphatic carbocycles. The highest BCUT2D eigenvalue weighted by atomic mass is 19.4. The number of rotatable bonds is 7. The molecule has 1 aromatic rings. The van der Waals surface area contributed by atoms with Gasteiger partial charge in [0, 0.05) is 24.2 Å². The third-order valence-electron chi connectivity index (χ3n) is 4.57. The molecule has 0 saturated carbocycles. The van der Waals surface area contributed by atoms with E-state index < -0.39 is 11.9 Å². The zero-order valence-electron chi connectivity index (χ0n) is 18.0. The molecular weight excluding hydrogens is 405 g/mol. The lowest BCUT2D eigenvalue weighted by molar-refractivity contribution is -0.141. The highest BCUT2D eigenvalue weighted by Gasteiger charge is 2.32. The summed E-state index contributed by atoms with van der Waals surface area (Å²) in [5.41, 5.74) is 1.35. The van der Waals surface area contributed by atoms with Crippen LogP contribution in [-0.2, 0) is 11.0 Å². The van der Waals surface area contributed by atoms with Crippen LogP contribution in [0.2, 0.25) is 0 Å². The Balaban J connectivity index is 2.31. The molecule has 0 saturated heterocycles. The summed E-state index contributed by atoms with van der Waals surface area (Å²) >= 11 is 0. The van der Waals surface area contributed by atoms with E-state index in [1.54, 1.807) is 11.8 Å². The third-order valence-corrected chi connectivity index (χ3v) is 4.57. The van der Waals surface area contributed by atoms with Crippen molar-refractivity contribution in [2.75, 3.05) is 13.1 Å². The van der Waals surface area contributed by atoms with Gasteiger partial charge in [0.1, 0.15) is 17.2 Å². The number of ether oxygens (including phenoxy) is 1. The van der Waals surface area contributed by atoms with Crippen LogP contribution in [-0.4, -0.2) is 28.9 Å². The van der Waals surface area contributed by atoms with Crippen molar-refractivity contribution in [1.29, 1.82) is 0 Å². The van der Waals surface area contributed by atoms with E-state index in [1.807, 2.05) is 44.2 Å². The molecule has 0 aromatic carbocycles. The van der Waals surface area contributed by atoms with Gasteiger partial charge in [0.2, 0.25) is 5.91 Å². The Bertz CT molecular complexity index is 923. The molecule has 1 aliphatic rings. The number of pyridine rings is 1. The minimum Gasteiger partial charge on any atom is -0.455 e. The van der Waals surface area contributed by atoms with Crippen molar-refractivity contribution < 1.29 is 22.7 Å². The van der Waals surface area contributed by atoms with E-state index in [1.165, 1.54) is 6.07 Å². The quantitative estimate of drug-likeness (QED) is 0.301. The van der Waals surface area contributed by atoms with Gasteiger partial charge in [-0.2, -0.15) is 13.2 Å². The predicted octanol–water partition coefficient (Wildman–Crippen LogP) is 6.01. The van der Waals surface area contributed by atoms with Crippen molar-refractivity contribution in [3.8, 4) is 5.75 Å². The molecule has 0 fully saturated rings. The maximum absolute atomic E-state index is 12.8. The second-order valence-electron chi connectivity index (χ2n) is 7.07. The molecule has 0 N–H and O–H groups in total. The second kappa shape index (κ2) is 10.8. The van der Waals surface area contributed by atoms with Gasteiger partial charge in [-0.1, -0.05) is 37.8 Å². The monoisotopic (exact) mass is 432 g/mol. The molecule has 0 spiro atoms. The SMILES string of the molecule is C=C(C)C(=O)N1CC=C(C(=C/C=C\C)/C(=C/CC)Oc2ccc(C(F)(F)F)nc2)CC1. The summed E-state index contributed by atoms with van der Waals surface area (Å²) in [7, 11) is 0. The fraction of sp³-hybridized carbons (Fsp3) is 0.333. The Hall–Kier alpha value is -3.09. The van der Waals surface area contributed by atoms with Crippen LogP contribution >= 0.6 is 0 Å². The van der Waals surface area contributed by atoms with Crippen LogP contribution in [0, 0.1) is 0 Å². The molecule has 1 aromatic heterocycles. The Morgan fingerprint density at radius 3 is 2.58 bits per heavy atom. The van der Waals surface area contributed by atoms with Crippen LogP contribution in [0.3, 0.4) is 0 Å². The summed E-state index contributed by atoms with van der Waals surface area (Å²) in [6, 6.07) is 2.16. The van der Waals surface area contributed by atoms with E-state index >= 15 is 0 Å². The van der Waals surface area contributed by atoms with E-state index in [0.29, 0.717) is 37.3 Å². The summed E-state index contributed by atoms with van der Waals surface area (Å²) in [5, 5.41) is 0. The van der Waals surface area contributed by atoms with Crippen molar-refractivity contribution in [1.82, 2.24) is 9.88 Å². The lowest BCUT2D eigenvalue weighted by Crippen LogP contribution is -2.35. The van der Waals surface area contributed by atoms with Crippen LogP contribution in [0.1, 0.15) is 39.3 Å². The number of nitrogens with zero attached hydrogens (tertiary/aromatic N) is 2. The van der Waals surface area contributed by atoms with E-state index in [-0.39, 0.29) is 11.7 Å². The fourth-order valence-electron chi connectivity index (χ4n) is 3.04. The number of hydrogen-bond donors (Lipinski definition) is 0. The van der Waals surface area contributed by atoms with Crippen molar-refractivity contribution in [2.45, 2.75) is 39.8 Å². The first kappa shape index (κ1) is 24.2. The molecule has 4 nitrogen and oxygen atoms in total. The van der Waals surface area contributed by atoms with Gasteiger partial charge in [-0.3, -0.25) is 4.79 Å². The second-order valence-corrected chi connectivity index (χ2v) is 7.07. The van der Waals surface area contributed by atoms with Gasteiger partial charge < -0.3 is 9.64 Å². The summed E-state index contributed by atoms with van der Waals surface area (Å²) in [4.78, 5) is 17.4. The molecule has 1 amide bonds. The zero-order chi connectivity index (χ0) is 23.0. The van der Waals surface area contributed by atoms with Gasteiger partial charge >= 0.3 is 6.18 Å². The zero-order valence-corrected chi connectivity index (χ0v) is 18.0. The number of hydrogen-bond acceptors (Lipinski definition) is 3. The minimum atomic E-state index is -4.50. The van der Waals surface area contributed by atoms with Crippen LogP contribution < -0.4 is 4.74 Å². The molecule has 0 radical (unpaired) electrons. The number of allylic oxidation sites excluding steroid dienone is 5. The highest BCUT2D eigenvalue weighted by Crippen LogP contribution is 2.31. The van der Waals surface area contributed by atoms with Gasteiger partial charge in [-0.15, -0.1) is 0 Å². The average Bonchev–Trinajstić information content (AvgIpc) is 2.73. The number of carbonyl (C=O) groups is 1. The first-order valence-electron chi connectivity index (χ1n) is 10.1. The third kappa shape index (κ3) is 6.70. The van der Waals surface area contributed by atoms with Crippen molar-refractivity contribution >= 4 is 5.91 Å². The maximum Gasteiger partial charge on any atom is 0.433 e. The van der Waals surface area contributed by atoms with Gasteiger partial charge in [-0.25, -0.2) is 4.98 Å². The number of halogens is 3. The molecule has 166 valence electrons. The summed E-state index contributed by atoms with van der Waals surface area (Å²) in [6.07, 6.45) is 7.36.